The van der Waals surface area contributed by atoms with Crippen LogP contribution in [-0.4, -0.2) is 34.6 Å². The molecule has 0 spiro atoms. The molecule has 1 aliphatic carbocycles. The van der Waals surface area contributed by atoms with Crippen LogP contribution in [0.3, 0.4) is 0 Å². The molecular formula is C16H12N2O4. The Hall–Kier alpha value is -2.76. The zero-order valence-corrected chi connectivity index (χ0v) is 11.6. The SMILES string of the molecule is O=C1CC(N2C(=O)C3=C(C2=O)c2ccccc2CC3)C(=O)N1. The van der Waals surface area contributed by atoms with Gasteiger partial charge in [-0.3, -0.25) is 29.4 Å². The summed E-state index contributed by atoms with van der Waals surface area (Å²) in [5.74, 6) is -1.95. The van der Waals surface area contributed by atoms with Gasteiger partial charge in [0.25, 0.3) is 11.8 Å². The van der Waals surface area contributed by atoms with Gasteiger partial charge in [0.2, 0.25) is 11.8 Å². The second-order valence-electron chi connectivity index (χ2n) is 5.62. The van der Waals surface area contributed by atoms with Gasteiger partial charge in [0.1, 0.15) is 6.04 Å². The molecule has 1 unspecified atom stereocenters. The number of imide groups is 2. The molecule has 4 amide bonds. The number of aryl methyl sites for hydroxylation is 1. The van der Waals surface area contributed by atoms with Crippen molar-refractivity contribution in [1.82, 2.24) is 10.2 Å². The molecule has 0 aromatic heterocycles. The number of rotatable bonds is 1. The number of hydrogen-bond donors (Lipinski definition) is 1. The van der Waals surface area contributed by atoms with Crippen molar-refractivity contribution in [3.63, 3.8) is 0 Å². The van der Waals surface area contributed by atoms with Crippen molar-refractivity contribution in [2.45, 2.75) is 25.3 Å². The van der Waals surface area contributed by atoms with Crippen LogP contribution in [0.25, 0.3) is 5.57 Å². The zero-order chi connectivity index (χ0) is 15.4. The molecule has 0 bridgehead atoms. The Morgan fingerprint density at radius 2 is 1.77 bits per heavy atom. The van der Waals surface area contributed by atoms with Crippen molar-refractivity contribution in [2.24, 2.45) is 0 Å². The fourth-order valence-electron chi connectivity index (χ4n) is 3.38. The third-order valence-corrected chi connectivity index (χ3v) is 4.40. The van der Waals surface area contributed by atoms with Crippen molar-refractivity contribution < 1.29 is 19.2 Å². The molecule has 1 aromatic carbocycles. The van der Waals surface area contributed by atoms with Crippen molar-refractivity contribution in [3.05, 3.63) is 41.0 Å². The Balaban J connectivity index is 1.78. The first-order valence-electron chi connectivity index (χ1n) is 7.11. The molecule has 6 nitrogen and oxygen atoms in total. The number of fused-ring (bicyclic) bond motifs is 2. The normalized spacial score (nSPS) is 23.8. The van der Waals surface area contributed by atoms with Crippen LogP contribution in [0.2, 0.25) is 0 Å². The predicted octanol–water partition coefficient (Wildman–Crippen LogP) is 0.170. The largest absolute Gasteiger partial charge is 0.295 e. The number of nitrogens with zero attached hydrogens (tertiary/aromatic N) is 1. The molecule has 1 atom stereocenters. The van der Waals surface area contributed by atoms with E-state index in [-0.39, 0.29) is 6.42 Å². The van der Waals surface area contributed by atoms with Crippen LogP contribution in [0, 0.1) is 0 Å². The molecule has 1 aromatic rings. The van der Waals surface area contributed by atoms with Crippen LogP contribution in [0.4, 0.5) is 0 Å². The molecule has 2 aliphatic heterocycles. The summed E-state index contributed by atoms with van der Waals surface area (Å²) in [6, 6.07) is 6.45. The van der Waals surface area contributed by atoms with Gasteiger partial charge in [-0.05, 0) is 24.0 Å². The Morgan fingerprint density at radius 1 is 1.00 bits per heavy atom. The van der Waals surface area contributed by atoms with Crippen molar-refractivity contribution in [2.75, 3.05) is 0 Å². The first-order valence-corrected chi connectivity index (χ1v) is 7.11. The second-order valence-corrected chi connectivity index (χ2v) is 5.62. The van der Waals surface area contributed by atoms with E-state index < -0.39 is 29.7 Å². The lowest BCUT2D eigenvalue weighted by Crippen LogP contribution is -2.45. The number of nitrogens with one attached hydrogen (secondary N) is 1. The van der Waals surface area contributed by atoms with Crippen LogP contribution in [-0.2, 0) is 25.6 Å². The smallest absolute Gasteiger partial charge is 0.262 e. The maximum absolute atomic E-state index is 12.7. The molecule has 0 saturated carbocycles. The van der Waals surface area contributed by atoms with E-state index in [1.807, 2.05) is 24.3 Å². The standard InChI is InChI=1S/C16H12N2O4/c19-12-7-11(14(20)17-12)18-15(21)10-6-5-8-3-1-2-4-9(8)13(10)16(18)22/h1-4,11H,5-7H2,(H,17,19,20). The van der Waals surface area contributed by atoms with Crippen LogP contribution in [0.5, 0.6) is 0 Å². The number of carbonyl (C=O) groups excluding carboxylic acids is 4. The quantitative estimate of drug-likeness (QED) is 0.749. The summed E-state index contributed by atoms with van der Waals surface area (Å²) in [6.45, 7) is 0. The average molecular weight is 296 g/mol. The molecular weight excluding hydrogens is 284 g/mol. The van der Waals surface area contributed by atoms with E-state index in [0.29, 0.717) is 24.0 Å². The topological polar surface area (TPSA) is 83.6 Å². The monoisotopic (exact) mass is 296 g/mol. The number of benzene rings is 1. The lowest BCUT2D eigenvalue weighted by molar-refractivity contribution is -0.144. The summed E-state index contributed by atoms with van der Waals surface area (Å²) in [7, 11) is 0. The maximum atomic E-state index is 12.7. The van der Waals surface area contributed by atoms with Gasteiger partial charge in [-0.15, -0.1) is 0 Å². The lowest BCUT2D eigenvalue weighted by atomic mass is 9.87. The Bertz CT molecular complexity index is 793. The van der Waals surface area contributed by atoms with Crippen LogP contribution in [0.15, 0.2) is 29.8 Å². The van der Waals surface area contributed by atoms with Gasteiger partial charge < -0.3 is 0 Å². The van der Waals surface area contributed by atoms with Crippen molar-refractivity contribution in [3.8, 4) is 0 Å². The van der Waals surface area contributed by atoms with E-state index in [1.165, 1.54) is 0 Å². The summed E-state index contributed by atoms with van der Waals surface area (Å²) in [6.07, 6.45) is 1.02. The fourth-order valence-corrected chi connectivity index (χ4v) is 3.38. The van der Waals surface area contributed by atoms with E-state index in [9.17, 15) is 19.2 Å². The van der Waals surface area contributed by atoms with Gasteiger partial charge in [0.15, 0.2) is 0 Å². The van der Waals surface area contributed by atoms with Crippen molar-refractivity contribution in [1.29, 1.82) is 0 Å². The lowest BCUT2D eigenvalue weighted by Gasteiger charge is -2.19. The molecule has 1 fully saturated rings. The Labute approximate surface area is 125 Å². The third-order valence-electron chi connectivity index (χ3n) is 4.40. The molecule has 6 heteroatoms. The highest BCUT2D eigenvalue weighted by Gasteiger charge is 2.48. The van der Waals surface area contributed by atoms with Gasteiger partial charge >= 0.3 is 0 Å². The van der Waals surface area contributed by atoms with Gasteiger partial charge in [-0.25, -0.2) is 0 Å². The molecule has 110 valence electrons. The molecule has 1 saturated heterocycles. The van der Waals surface area contributed by atoms with E-state index in [4.69, 9.17) is 0 Å². The number of carbonyl (C=O) groups is 4. The maximum Gasteiger partial charge on any atom is 0.262 e. The van der Waals surface area contributed by atoms with E-state index in [1.54, 1.807) is 0 Å². The highest BCUT2D eigenvalue weighted by atomic mass is 16.2. The first kappa shape index (κ1) is 12.9. The Morgan fingerprint density at radius 3 is 2.50 bits per heavy atom. The molecule has 3 aliphatic rings. The van der Waals surface area contributed by atoms with Gasteiger partial charge in [-0.2, -0.15) is 0 Å². The highest BCUT2D eigenvalue weighted by Crippen LogP contribution is 2.39. The van der Waals surface area contributed by atoms with E-state index in [2.05, 4.69) is 5.32 Å². The molecule has 1 N–H and O–H groups in total. The summed E-state index contributed by atoms with van der Waals surface area (Å²) in [5, 5.41) is 2.14. The highest BCUT2D eigenvalue weighted by molar-refractivity contribution is 6.37. The molecule has 2 heterocycles. The minimum Gasteiger partial charge on any atom is -0.295 e. The minimum absolute atomic E-state index is 0.154. The van der Waals surface area contributed by atoms with E-state index in [0.717, 1.165) is 16.0 Å². The zero-order valence-electron chi connectivity index (χ0n) is 11.6. The summed E-state index contributed by atoms with van der Waals surface area (Å²) < 4.78 is 0. The van der Waals surface area contributed by atoms with Gasteiger partial charge in [0, 0.05) is 5.57 Å². The second kappa shape index (κ2) is 4.37. The number of amides is 4. The summed E-state index contributed by atoms with van der Waals surface area (Å²) in [4.78, 5) is 49.4. The van der Waals surface area contributed by atoms with Crippen LogP contribution >= 0.6 is 0 Å². The number of hydrogen-bond acceptors (Lipinski definition) is 4. The van der Waals surface area contributed by atoms with Gasteiger partial charge in [-0.1, -0.05) is 24.3 Å². The summed E-state index contributed by atoms with van der Waals surface area (Å²) in [5.41, 5.74) is 2.63. The van der Waals surface area contributed by atoms with Crippen LogP contribution in [0.1, 0.15) is 24.0 Å². The Kier molecular flexibility index (Phi) is 2.57. The van der Waals surface area contributed by atoms with Crippen LogP contribution < -0.4 is 5.32 Å². The minimum atomic E-state index is -1.02. The predicted molar refractivity (Wildman–Crippen MR) is 75.1 cm³/mol. The van der Waals surface area contributed by atoms with Crippen molar-refractivity contribution >= 4 is 29.2 Å². The summed E-state index contributed by atoms with van der Waals surface area (Å²) >= 11 is 0. The third kappa shape index (κ3) is 1.60. The average Bonchev–Trinajstić information content (AvgIpc) is 2.96. The molecule has 4 rings (SSSR count). The fraction of sp³-hybridized carbons (Fsp3) is 0.250. The first-order chi connectivity index (χ1) is 10.6. The molecule has 22 heavy (non-hydrogen) atoms. The van der Waals surface area contributed by atoms with Gasteiger partial charge in [0.05, 0.1) is 12.0 Å². The molecule has 0 radical (unpaired) electrons. The van der Waals surface area contributed by atoms with E-state index >= 15 is 0 Å².